The number of carbonyl (C=O) groups excluding carboxylic acids is 1. The maximum Gasteiger partial charge on any atom is 0.458 e. The van der Waals surface area contributed by atoms with E-state index < -0.39 is 6.09 Å². The highest BCUT2D eigenvalue weighted by atomic mass is 16.5. The number of hydrogen-bond acceptors (Lipinski definition) is 2. The van der Waals surface area contributed by atoms with E-state index in [1.807, 2.05) is 30.3 Å². The number of nitrogens with zero attached hydrogens (tertiary/aromatic N) is 1. The van der Waals surface area contributed by atoms with Crippen molar-refractivity contribution >= 4 is 16.9 Å². The van der Waals surface area contributed by atoms with Crippen molar-refractivity contribution in [1.82, 2.24) is 5.73 Å². The molecular weight excluding hydrogens is 178 g/mol. The van der Waals surface area contributed by atoms with Crippen LogP contribution in [0.1, 0.15) is 0 Å². The van der Waals surface area contributed by atoms with E-state index in [2.05, 4.69) is 4.74 Å². The van der Waals surface area contributed by atoms with Gasteiger partial charge in [-0.25, -0.2) is 4.79 Å². The minimum absolute atomic E-state index is 0.344. The van der Waals surface area contributed by atoms with E-state index in [-0.39, 0.29) is 0 Å². The predicted octanol–water partition coefficient (Wildman–Crippen LogP) is 2.41. The van der Waals surface area contributed by atoms with Crippen LogP contribution in [0.25, 0.3) is 10.8 Å². The maximum absolute atomic E-state index is 10.3. The molecule has 68 valence electrons. The molecular formula is C11H7NO2. The molecule has 0 saturated carbocycles. The molecule has 0 atom stereocenters. The molecule has 0 heterocycles. The summed E-state index contributed by atoms with van der Waals surface area (Å²) in [4.78, 5) is 10.3. The third-order valence-corrected chi connectivity index (χ3v) is 1.93. The maximum atomic E-state index is 10.3. The van der Waals surface area contributed by atoms with Gasteiger partial charge in [-0.2, -0.15) is 0 Å². The van der Waals surface area contributed by atoms with E-state index in [1.165, 1.54) is 0 Å². The Morgan fingerprint density at radius 2 is 1.79 bits per heavy atom. The Morgan fingerprint density at radius 1 is 1.07 bits per heavy atom. The first-order chi connectivity index (χ1) is 6.75. The van der Waals surface area contributed by atoms with Crippen molar-refractivity contribution in [3.8, 4) is 5.75 Å². The summed E-state index contributed by atoms with van der Waals surface area (Å²) >= 11 is 0. The number of benzene rings is 2. The molecule has 2 aromatic carbocycles. The fourth-order valence-corrected chi connectivity index (χ4v) is 1.33. The summed E-state index contributed by atoms with van der Waals surface area (Å²) in [5.41, 5.74) is 8.42. The van der Waals surface area contributed by atoms with E-state index >= 15 is 0 Å². The largest absolute Gasteiger partial charge is 0.458 e. The van der Waals surface area contributed by atoms with Gasteiger partial charge in [0.15, 0.2) is 0 Å². The summed E-state index contributed by atoms with van der Waals surface area (Å²) in [5.74, 6) is 0.344. The van der Waals surface area contributed by atoms with Crippen molar-refractivity contribution in [3.05, 3.63) is 42.5 Å². The minimum atomic E-state index is -1.29. The number of amides is 1. The number of fused-ring (bicyclic) bond motifs is 1. The fourth-order valence-electron chi connectivity index (χ4n) is 1.33. The van der Waals surface area contributed by atoms with Gasteiger partial charge in [-0.1, -0.05) is 36.1 Å². The average molecular weight is 185 g/mol. The highest BCUT2D eigenvalue weighted by Gasteiger charge is 2.01. The van der Waals surface area contributed by atoms with E-state index in [9.17, 15) is 4.79 Å². The van der Waals surface area contributed by atoms with Crippen molar-refractivity contribution in [1.29, 1.82) is 0 Å². The summed E-state index contributed by atoms with van der Waals surface area (Å²) < 4.78 is 4.54. The monoisotopic (exact) mass is 185 g/mol. The number of hydrogen-bond donors (Lipinski definition) is 0. The summed E-state index contributed by atoms with van der Waals surface area (Å²) in [6, 6.07) is 12.9. The van der Waals surface area contributed by atoms with Gasteiger partial charge < -0.3 is 4.74 Å². The van der Waals surface area contributed by atoms with Crippen molar-refractivity contribution in [3.63, 3.8) is 0 Å². The van der Waals surface area contributed by atoms with Gasteiger partial charge in [0.25, 0.3) is 0 Å². The molecule has 0 aromatic heterocycles. The number of ether oxygens (including phenoxy) is 1. The fraction of sp³-hybridized carbons (Fsp3) is 0. The molecule has 0 N–H and O–H groups in total. The average Bonchev–Trinajstić information content (AvgIpc) is 2.17. The Morgan fingerprint density at radius 3 is 2.50 bits per heavy atom. The normalized spacial score (nSPS) is 10.0. The van der Waals surface area contributed by atoms with Crippen molar-refractivity contribution in [2.45, 2.75) is 0 Å². The molecule has 3 heteroatoms. The third-order valence-electron chi connectivity index (χ3n) is 1.93. The van der Waals surface area contributed by atoms with Crippen LogP contribution in [0.15, 0.2) is 42.5 Å². The van der Waals surface area contributed by atoms with Gasteiger partial charge in [0.2, 0.25) is 0 Å². The highest BCUT2D eigenvalue weighted by molar-refractivity contribution is 5.84. The van der Waals surface area contributed by atoms with Crippen molar-refractivity contribution < 1.29 is 9.53 Å². The van der Waals surface area contributed by atoms with Gasteiger partial charge in [-0.05, 0) is 22.9 Å². The molecule has 0 spiro atoms. The Kier molecular flexibility index (Phi) is 2.07. The number of carbonyl (C=O) groups is 1. The quantitative estimate of drug-likeness (QED) is 0.684. The van der Waals surface area contributed by atoms with Gasteiger partial charge >= 0.3 is 6.09 Å². The van der Waals surface area contributed by atoms with E-state index in [1.54, 1.807) is 12.1 Å². The zero-order valence-electron chi connectivity index (χ0n) is 7.31. The molecule has 2 radical (unpaired) electrons. The lowest BCUT2D eigenvalue weighted by Crippen LogP contribution is -2.04. The van der Waals surface area contributed by atoms with Gasteiger partial charge in [0, 0.05) is 0 Å². The van der Waals surface area contributed by atoms with Crippen molar-refractivity contribution in [2.75, 3.05) is 0 Å². The SMILES string of the molecule is [N]C(=O)Oc1ccc2ccccc2c1. The molecule has 0 bridgehead atoms. The molecule has 0 aliphatic rings. The van der Waals surface area contributed by atoms with Gasteiger partial charge in [0.05, 0.1) is 0 Å². The third kappa shape index (κ3) is 1.66. The summed E-state index contributed by atoms with van der Waals surface area (Å²) in [6.45, 7) is 0. The van der Waals surface area contributed by atoms with Crippen LogP contribution in [0, 0.1) is 0 Å². The van der Waals surface area contributed by atoms with Crippen LogP contribution in [0.4, 0.5) is 4.79 Å². The van der Waals surface area contributed by atoms with Gasteiger partial charge in [0.1, 0.15) is 5.75 Å². The second-order valence-corrected chi connectivity index (χ2v) is 2.88. The zero-order chi connectivity index (χ0) is 9.97. The van der Waals surface area contributed by atoms with E-state index in [4.69, 9.17) is 5.73 Å². The minimum Gasteiger partial charge on any atom is -0.408 e. The first-order valence-electron chi connectivity index (χ1n) is 4.15. The molecule has 1 amide bonds. The molecule has 2 aromatic rings. The molecule has 0 unspecified atom stereocenters. The first-order valence-corrected chi connectivity index (χ1v) is 4.15. The molecule has 0 aliphatic carbocycles. The zero-order valence-corrected chi connectivity index (χ0v) is 7.31. The van der Waals surface area contributed by atoms with Crippen LogP contribution in [0.5, 0.6) is 5.75 Å². The van der Waals surface area contributed by atoms with E-state index in [0.29, 0.717) is 5.75 Å². The molecule has 0 saturated heterocycles. The van der Waals surface area contributed by atoms with Gasteiger partial charge in [-0.3, -0.25) is 0 Å². The second kappa shape index (κ2) is 3.38. The lowest BCUT2D eigenvalue weighted by molar-refractivity contribution is 0.209. The van der Waals surface area contributed by atoms with Crippen LogP contribution in [0.2, 0.25) is 0 Å². The molecule has 2 rings (SSSR count). The topological polar surface area (TPSA) is 48.6 Å². The smallest absolute Gasteiger partial charge is 0.408 e. The Labute approximate surface area is 81.1 Å². The molecule has 0 aliphatic heterocycles. The molecule has 0 fully saturated rings. The standard InChI is InChI=1S/C11H7NO2/c12-11(13)14-10-6-5-8-3-1-2-4-9(8)7-10/h1-7H. The van der Waals surface area contributed by atoms with Crippen LogP contribution in [0.3, 0.4) is 0 Å². The van der Waals surface area contributed by atoms with Crippen molar-refractivity contribution in [2.24, 2.45) is 0 Å². The van der Waals surface area contributed by atoms with Crippen LogP contribution in [-0.4, -0.2) is 6.09 Å². The van der Waals surface area contributed by atoms with Crippen LogP contribution in [-0.2, 0) is 0 Å². The first kappa shape index (κ1) is 8.56. The molecule has 3 nitrogen and oxygen atoms in total. The van der Waals surface area contributed by atoms with Crippen LogP contribution < -0.4 is 10.5 Å². The molecule has 14 heavy (non-hydrogen) atoms. The summed E-state index contributed by atoms with van der Waals surface area (Å²) in [7, 11) is 0. The Bertz CT molecular complexity index is 479. The van der Waals surface area contributed by atoms with E-state index in [0.717, 1.165) is 10.8 Å². The van der Waals surface area contributed by atoms with Crippen LogP contribution >= 0.6 is 0 Å². The van der Waals surface area contributed by atoms with Gasteiger partial charge in [-0.15, -0.1) is 0 Å². The summed E-state index contributed by atoms with van der Waals surface area (Å²) in [6.07, 6.45) is -1.29. The summed E-state index contributed by atoms with van der Waals surface area (Å²) in [5, 5.41) is 2.02. The highest BCUT2D eigenvalue weighted by Crippen LogP contribution is 2.20. The Hall–Kier alpha value is -2.03. The second-order valence-electron chi connectivity index (χ2n) is 2.88. The lowest BCUT2D eigenvalue weighted by atomic mass is 10.1. The predicted molar refractivity (Wildman–Crippen MR) is 52.1 cm³/mol. The lowest BCUT2D eigenvalue weighted by Gasteiger charge is -2.01. The number of rotatable bonds is 1. The Balaban J connectivity index is 2.46.